The number of methoxy groups -OCH3 is 2. The number of benzene rings is 2. The molecule has 0 fully saturated rings. The molecule has 3 aromatic rings. The van der Waals surface area contributed by atoms with Crippen molar-refractivity contribution in [2.45, 2.75) is 6.54 Å². The highest BCUT2D eigenvalue weighted by atomic mass is 16.5. The number of hydrogen-bond acceptors (Lipinski definition) is 4. The van der Waals surface area contributed by atoms with E-state index in [0.29, 0.717) is 18.0 Å². The van der Waals surface area contributed by atoms with Crippen molar-refractivity contribution < 1.29 is 19.4 Å². The number of aromatic carboxylic acids is 1. The van der Waals surface area contributed by atoms with Gasteiger partial charge < -0.3 is 14.6 Å². The molecule has 118 valence electrons. The molecule has 23 heavy (non-hydrogen) atoms. The van der Waals surface area contributed by atoms with Crippen LogP contribution in [0.3, 0.4) is 0 Å². The Labute approximate surface area is 132 Å². The van der Waals surface area contributed by atoms with E-state index in [2.05, 4.69) is 5.10 Å². The molecule has 6 heteroatoms. The van der Waals surface area contributed by atoms with Gasteiger partial charge in [0.1, 0.15) is 11.5 Å². The molecule has 0 aliphatic carbocycles. The fourth-order valence-corrected chi connectivity index (χ4v) is 2.46. The van der Waals surface area contributed by atoms with Crippen LogP contribution in [0.2, 0.25) is 0 Å². The summed E-state index contributed by atoms with van der Waals surface area (Å²) in [5, 5.41) is 14.4. The van der Waals surface area contributed by atoms with Gasteiger partial charge in [-0.25, -0.2) is 4.79 Å². The Bertz CT molecular complexity index is 848. The van der Waals surface area contributed by atoms with Crippen molar-refractivity contribution in [1.82, 2.24) is 9.78 Å². The summed E-state index contributed by atoms with van der Waals surface area (Å²) < 4.78 is 12.3. The first-order chi connectivity index (χ1) is 11.1. The zero-order valence-electron chi connectivity index (χ0n) is 12.8. The van der Waals surface area contributed by atoms with Gasteiger partial charge in [-0.3, -0.25) is 4.68 Å². The van der Waals surface area contributed by atoms with Crippen molar-refractivity contribution in [2.24, 2.45) is 0 Å². The predicted molar refractivity (Wildman–Crippen MR) is 85.3 cm³/mol. The van der Waals surface area contributed by atoms with Crippen molar-refractivity contribution in [3.8, 4) is 11.5 Å². The molecule has 1 N–H and O–H groups in total. The number of ether oxygens (including phenoxy) is 2. The van der Waals surface area contributed by atoms with Gasteiger partial charge in [-0.05, 0) is 29.8 Å². The molecule has 1 aromatic heterocycles. The summed E-state index contributed by atoms with van der Waals surface area (Å²) in [5.41, 5.74) is 1.96. The molecule has 0 saturated carbocycles. The Morgan fingerprint density at radius 2 is 1.83 bits per heavy atom. The average Bonchev–Trinajstić information content (AvgIpc) is 2.96. The summed E-state index contributed by atoms with van der Waals surface area (Å²) in [4.78, 5) is 11.1. The van der Waals surface area contributed by atoms with E-state index in [1.807, 2.05) is 12.1 Å². The van der Waals surface area contributed by atoms with E-state index in [1.54, 1.807) is 49.4 Å². The number of carbonyl (C=O) groups is 1. The smallest absolute Gasteiger partial charge is 0.335 e. The highest BCUT2D eigenvalue weighted by Crippen LogP contribution is 2.24. The number of rotatable bonds is 5. The third-order valence-electron chi connectivity index (χ3n) is 3.64. The van der Waals surface area contributed by atoms with Crippen LogP contribution in [-0.4, -0.2) is 35.1 Å². The topological polar surface area (TPSA) is 73.6 Å². The number of fused-ring (bicyclic) bond motifs is 1. The van der Waals surface area contributed by atoms with Crippen LogP contribution < -0.4 is 9.47 Å². The molecule has 0 spiro atoms. The Kier molecular flexibility index (Phi) is 3.89. The lowest BCUT2D eigenvalue weighted by Gasteiger charge is -2.09. The molecule has 0 unspecified atom stereocenters. The highest BCUT2D eigenvalue weighted by molar-refractivity contribution is 5.93. The largest absolute Gasteiger partial charge is 0.497 e. The van der Waals surface area contributed by atoms with Gasteiger partial charge in [0, 0.05) is 11.5 Å². The first-order valence-electron chi connectivity index (χ1n) is 7.01. The summed E-state index contributed by atoms with van der Waals surface area (Å²) in [7, 11) is 3.20. The van der Waals surface area contributed by atoms with E-state index in [0.717, 1.165) is 16.5 Å². The molecule has 0 bridgehead atoms. The normalized spacial score (nSPS) is 10.7. The Morgan fingerprint density at radius 1 is 1.13 bits per heavy atom. The molecular weight excluding hydrogens is 296 g/mol. The second-order valence-corrected chi connectivity index (χ2v) is 5.10. The summed E-state index contributed by atoms with van der Waals surface area (Å²) in [6.07, 6.45) is 1.72. The third kappa shape index (κ3) is 2.96. The van der Waals surface area contributed by atoms with E-state index in [9.17, 15) is 4.79 Å². The first kappa shape index (κ1) is 14.9. The number of aromatic nitrogens is 2. The van der Waals surface area contributed by atoms with Gasteiger partial charge in [0.05, 0.1) is 38.0 Å². The van der Waals surface area contributed by atoms with Gasteiger partial charge >= 0.3 is 5.97 Å². The van der Waals surface area contributed by atoms with Gasteiger partial charge in [-0.15, -0.1) is 0 Å². The zero-order chi connectivity index (χ0) is 16.4. The summed E-state index contributed by atoms with van der Waals surface area (Å²) in [6, 6.07) is 10.6. The van der Waals surface area contributed by atoms with E-state index in [-0.39, 0.29) is 5.56 Å². The average molecular weight is 312 g/mol. The van der Waals surface area contributed by atoms with Crippen molar-refractivity contribution in [1.29, 1.82) is 0 Å². The molecule has 1 heterocycles. The number of nitrogens with zero attached hydrogens (tertiary/aromatic N) is 2. The molecule has 0 aliphatic heterocycles. The molecule has 0 saturated heterocycles. The molecule has 6 nitrogen and oxygen atoms in total. The number of hydrogen-bond donors (Lipinski definition) is 1. The fourth-order valence-electron chi connectivity index (χ4n) is 2.46. The second kappa shape index (κ2) is 6.00. The van der Waals surface area contributed by atoms with Crippen molar-refractivity contribution in [3.63, 3.8) is 0 Å². The lowest BCUT2D eigenvalue weighted by molar-refractivity contribution is 0.0697. The van der Waals surface area contributed by atoms with E-state index >= 15 is 0 Å². The zero-order valence-corrected chi connectivity index (χ0v) is 12.8. The summed E-state index contributed by atoms with van der Waals surface area (Å²) in [5.74, 6) is 0.437. The Hall–Kier alpha value is -3.02. The number of carboxylic acids is 1. The van der Waals surface area contributed by atoms with Crippen LogP contribution in [0, 0.1) is 0 Å². The quantitative estimate of drug-likeness (QED) is 0.784. The van der Waals surface area contributed by atoms with E-state index in [1.165, 1.54) is 0 Å². The summed E-state index contributed by atoms with van der Waals surface area (Å²) >= 11 is 0. The highest BCUT2D eigenvalue weighted by Gasteiger charge is 2.09. The first-order valence-corrected chi connectivity index (χ1v) is 7.01. The minimum absolute atomic E-state index is 0.238. The van der Waals surface area contributed by atoms with Gasteiger partial charge in [-0.1, -0.05) is 6.07 Å². The van der Waals surface area contributed by atoms with Gasteiger partial charge in [0.2, 0.25) is 0 Å². The maximum Gasteiger partial charge on any atom is 0.335 e. The maximum absolute atomic E-state index is 11.1. The number of carboxylic acid groups (broad SMARTS) is 1. The van der Waals surface area contributed by atoms with E-state index in [4.69, 9.17) is 14.6 Å². The molecular formula is C17H16N2O4. The predicted octanol–water partition coefficient (Wildman–Crippen LogP) is 2.80. The molecule has 0 radical (unpaired) electrons. The minimum atomic E-state index is -0.956. The van der Waals surface area contributed by atoms with Crippen LogP contribution in [0.25, 0.3) is 10.9 Å². The fraction of sp³-hybridized carbons (Fsp3) is 0.176. The van der Waals surface area contributed by atoms with Crippen molar-refractivity contribution in [2.75, 3.05) is 14.2 Å². The molecule has 3 rings (SSSR count). The molecule has 0 atom stereocenters. The third-order valence-corrected chi connectivity index (χ3v) is 3.64. The van der Waals surface area contributed by atoms with Crippen molar-refractivity contribution in [3.05, 3.63) is 53.7 Å². The standard InChI is InChI=1S/C17H16N2O4/c1-22-14-5-11(6-15(8-14)23-2)10-19-16-7-12(17(20)21)3-4-13(16)9-18-19/h3-9H,10H2,1-2H3,(H,20,21). The molecule has 2 aromatic carbocycles. The lowest BCUT2D eigenvalue weighted by Crippen LogP contribution is -2.03. The maximum atomic E-state index is 11.1. The SMILES string of the molecule is COc1cc(Cn2ncc3ccc(C(=O)O)cc32)cc(OC)c1. The van der Waals surface area contributed by atoms with Gasteiger partial charge in [-0.2, -0.15) is 5.10 Å². The van der Waals surface area contributed by atoms with Crippen LogP contribution in [0.4, 0.5) is 0 Å². The monoisotopic (exact) mass is 312 g/mol. The van der Waals surface area contributed by atoms with Crippen LogP contribution >= 0.6 is 0 Å². The van der Waals surface area contributed by atoms with E-state index < -0.39 is 5.97 Å². The van der Waals surface area contributed by atoms with Crippen LogP contribution in [0.1, 0.15) is 15.9 Å². The second-order valence-electron chi connectivity index (χ2n) is 5.10. The van der Waals surface area contributed by atoms with Crippen molar-refractivity contribution >= 4 is 16.9 Å². The van der Waals surface area contributed by atoms with Crippen LogP contribution in [-0.2, 0) is 6.54 Å². The van der Waals surface area contributed by atoms with Crippen LogP contribution in [0.5, 0.6) is 11.5 Å². The van der Waals surface area contributed by atoms with Crippen LogP contribution in [0.15, 0.2) is 42.6 Å². The summed E-state index contributed by atoms with van der Waals surface area (Å²) in [6.45, 7) is 0.486. The Balaban J connectivity index is 2.01. The van der Waals surface area contributed by atoms with Gasteiger partial charge in [0.15, 0.2) is 0 Å². The molecule has 0 aliphatic rings. The van der Waals surface area contributed by atoms with Gasteiger partial charge in [0.25, 0.3) is 0 Å². The lowest BCUT2D eigenvalue weighted by atomic mass is 10.1. The molecule has 0 amide bonds. The minimum Gasteiger partial charge on any atom is -0.497 e. The Morgan fingerprint density at radius 3 is 2.43 bits per heavy atom.